The summed E-state index contributed by atoms with van der Waals surface area (Å²) in [6.07, 6.45) is 6.25. The van der Waals surface area contributed by atoms with Gasteiger partial charge in [-0.15, -0.1) is 0 Å². The molecule has 14 heavy (non-hydrogen) atoms. The molecular weight excluding hydrogens is 176 g/mol. The lowest BCUT2D eigenvalue weighted by Gasteiger charge is -2.03. The Hall–Kier alpha value is -1.83. The Labute approximate surface area is 82.5 Å². The van der Waals surface area contributed by atoms with Gasteiger partial charge in [0.2, 0.25) is 0 Å². The number of carbonyl (C=O) groups excluding carboxylic acids is 1. The summed E-state index contributed by atoms with van der Waals surface area (Å²) >= 11 is 0. The van der Waals surface area contributed by atoms with E-state index in [4.69, 9.17) is 4.74 Å². The van der Waals surface area contributed by atoms with Crippen molar-refractivity contribution in [3.05, 3.63) is 54.1 Å². The van der Waals surface area contributed by atoms with Crippen LogP contribution in [0.1, 0.15) is 6.42 Å². The second-order valence-electron chi connectivity index (χ2n) is 3.03. The Balaban J connectivity index is 2.02. The first kappa shape index (κ1) is 8.75. The largest absolute Gasteiger partial charge is 0.423 e. The summed E-state index contributed by atoms with van der Waals surface area (Å²) in [7, 11) is 0. The van der Waals surface area contributed by atoms with E-state index < -0.39 is 0 Å². The van der Waals surface area contributed by atoms with Crippen molar-refractivity contribution >= 4 is 5.97 Å². The minimum absolute atomic E-state index is 0.263. The van der Waals surface area contributed by atoms with Crippen molar-refractivity contribution in [3.8, 4) is 5.75 Å². The zero-order valence-electron chi connectivity index (χ0n) is 7.64. The van der Waals surface area contributed by atoms with Crippen LogP contribution in [-0.2, 0) is 4.79 Å². The normalized spacial score (nSPS) is 13.9. The highest BCUT2D eigenvalue weighted by Crippen LogP contribution is 2.15. The van der Waals surface area contributed by atoms with E-state index in [0.717, 1.165) is 0 Å². The summed E-state index contributed by atoms with van der Waals surface area (Å²) in [5.41, 5.74) is 0.703. The van der Waals surface area contributed by atoms with Gasteiger partial charge in [-0.2, -0.15) is 0 Å². The molecule has 0 fully saturated rings. The maximum absolute atomic E-state index is 11.5. The maximum Gasteiger partial charge on any atom is 0.339 e. The number of hydrogen-bond acceptors (Lipinski definition) is 2. The fourth-order valence-electron chi connectivity index (χ4n) is 1.26. The molecule has 0 spiro atoms. The van der Waals surface area contributed by atoms with E-state index in [0.29, 0.717) is 17.7 Å². The van der Waals surface area contributed by atoms with Gasteiger partial charge in [-0.1, -0.05) is 36.4 Å². The quantitative estimate of drug-likeness (QED) is 0.524. The molecule has 0 heterocycles. The molecule has 1 aromatic rings. The van der Waals surface area contributed by atoms with E-state index in [2.05, 4.69) is 0 Å². The molecule has 1 aliphatic rings. The number of carbonyl (C=O) groups is 1. The predicted octanol–water partition coefficient (Wildman–Crippen LogP) is 2.48. The Morgan fingerprint density at radius 3 is 2.64 bits per heavy atom. The lowest BCUT2D eigenvalue weighted by molar-refractivity contribution is -0.130. The number of ether oxygens (including phenoxy) is 1. The van der Waals surface area contributed by atoms with Crippen molar-refractivity contribution in [1.82, 2.24) is 0 Å². The third-order valence-corrected chi connectivity index (χ3v) is 1.99. The molecule has 2 heteroatoms. The van der Waals surface area contributed by atoms with Crippen LogP contribution in [0.25, 0.3) is 0 Å². The van der Waals surface area contributed by atoms with Crippen molar-refractivity contribution < 1.29 is 9.53 Å². The van der Waals surface area contributed by atoms with Gasteiger partial charge in [-0.05, 0) is 18.6 Å². The highest BCUT2D eigenvalue weighted by atomic mass is 16.5. The van der Waals surface area contributed by atoms with Crippen molar-refractivity contribution in [1.29, 1.82) is 0 Å². The Bertz CT molecular complexity index is 388. The first-order valence-electron chi connectivity index (χ1n) is 4.49. The Kier molecular flexibility index (Phi) is 2.45. The van der Waals surface area contributed by atoms with Crippen molar-refractivity contribution in [2.24, 2.45) is 0 Å². The average Bonchev–Trinajstić information content (AvgIpc) is 2.72. The number of hydrogen-bond donors (Lipinski definition) is 0. The summed E-state index contributed by atoms with van der Waals surface area (Å²) in [4.78, 5) is 11.5. The maximum atomic E-state index is 11.5. The summed E-state index contributed by atoms with van der Waals surface area (Å²) in [6.45, 7) is 0. The Morgan fingerprint density at radius 2 is 2.00 bits per heavy atom. The van der Waals surface area contributed by atoms with Gasteiger partial charge in [0.05, 0.1) is 0 Å². The van der Waals surface area contributed by atoms with E-state index in [1.807, 2.05) is 30.4 Å². The standard InChI is InChI=1S/C12H10O2/c13-12(10-6-4-5-7-10)14-11-8-2-1-3-9-11/h1-6,8-9H,7H2. The monoisotopic (exact) mass is 186 g/mol. The molecule has 0 saturated heterocycles. The van der Waals surface area contributed by atoms with Crippen molar-refractivity contribution in [3.63, 3.8) is 0 Å². The van der Waals surface area contributed by atoms with Crippen LogP contribution in [-0.4, -0.2) is 5.97 Å². The lowest BCUT2D eigenvalue weighted by Crippen LogP contribution is -2.09. The smallest absolute Gasteiger partial charge is 0.339 e. The minimum atomic E-state index is -0.263. The highest BCUT2D eigenvalue weighted by molar-refractivity contribution is 5.91. The van der Waals surface area contributed by atoms with Crippen LogP contribution in [0.15, 0.2) is 54.1 Å². The van der Waals surface area contributed by atoms with Crippen LogP contribution >= 0.6 is 0 Å². The van der Waals surface area contributed by atoms with E-state index in [1.54, 1.807) is 18.2 Å². The van der Waals surface area contributed by atoms with Gasteiger partial charge in [-0.3, -0.25) is 0 Å². The number of rotatable bonds is 2. The molecule has 0 aliphatic heterocycles. The van der Waals surface area contributed by atoms with Gasteiger partial charge in [-0.25, -0.2) is 4.79 Å². The third-order valence-electron chi connectivity index (χ3n) is 1.99. The summed E-state index contributed by atoms with van der Waals surface area (Å²) < 4.78 is 5.15. The van der Waals surface area contributed by atoms with E-state index in [-0.39, 0.29) is 5.97 Å². The summed E-state index contributed by atoms with van der Waals surface area (Å²) in [5.74, 6) is 0.325. The molecule has 0 bridgehead atoms. The molecule has 0 unspecified atom stereocenters. The van der Waals surface area contributed by atoms with Gasteiger partial charge >= 0.3 is 5.97 Å². The van der Waals surface area contributed by atoms with Gasteiger partial charge in [0.15, 0.2) is 0 Å². The molecule has 1 aliphatic carbocycles. The summed E-state index contributed by atoms with van der Waals surface area (Å²) in [5, 5.41) is 0. The van der Waals surface area contributed by atoms with Crippen LogP contribution in [0, 0.1) is 0 Å². The number of esters is 1. The topological polar surface area (TPSA) is 26.3 Å². The zero-order chi connectivity index (χ0) is 9.80. The summed E-state index contributed by atoms with van der Waals surface area (Å²) in [6, 6.07) is 9.09. The molecule has 2 nitrogen and oxygen atoms in total. The van der Waals surface area contributed by atoms with Crippen LogP contribution in [0.5, 0.6) is 5.75 Å². The molecule has 0 aromatic heterocycles. The molecule has 0 saturated carbocycles. The number of para-hydroxylation sites is 1. The van der Waals surface area contributed by atoms with Gasteiger partial charge in [0.1, 0.15) is 5.75 Å². The fourth-order valence-corrected chi connectivity index (χ4v) is 1.26. The van der Waals surface area contributed by atoms with Gasteiger partial charge in [0, 0.05) is 5.57 Å². The van der Waals surface area contributed by atoms with Crippen LogP contribution in [0.4, 0.5) is 0 Å². The van der Waals surface area contributed by atoms with E-state index in [1.165, 1.54) is 0 Å². The molecule has 2 rings (SSSR count). The van der Waals surface area contributed by atoms with Gasteiger partial charge < -0.3 is 4.74 Å². The van der Waals surface area contributed by atoms with Crippen LogP contribution in [0.2, 0.25) is 0 Å². The zero-order valence-corrected chi connectivity index (χ0v) is 7.64. The van der Waals surface area contributed by atoms with Crippen LogP contribution < -0.4 is 4.74 Å². The average molecular weight is 186 g/mol. The van der Waals surface area contributed by atoms with E-state index >= 15 is 0 Å². The third kappa shape index (κ3) is 1.91. The SMILES string of the molecule is O=C(Oc1ccccc1)C1=CC=CC1. The second kappa shape index (κ2) is 3.92. The van der Waals surface area contributed by atoms with Crippen LogP contribution in [0.3, 0.4) is 0 Å². The highest BCUT2D eigenvalue weighted by Gasteiger charge is 2.11. The molecule has 0 atom stereocenters. The minimum Gasteiger partial charge on any atom is -0.423 e. The Morgan fingerprint density at radius 1 is 1.21 bits per heavy atom. The number of allylic oxidation sites excluding steroid dienone is 3. The van der Waals surface area contributed by atoms with E-state index in [9.17, 15) is 4.79 Å². The predicted molar refractivity (Wildman–Crippen MR) is 53.9 cm³/mol. The first-order valence-corrected chi connectivity index (χ1v) is 4.49. The molecular formula is C12H10O2. The lowest BCUT2D eigenvalue weighted by atomic mass is 10.2. The van der Waals surface area contributed by atoms with Crippen molar-refractivity contribution in [2.75, 3.05) is 0 Å². The van der Waals surface area contributed by atoms with Gasteiger partial charge in [0.25, 0.3) is 0 Å². The van der Waals surface area contributed by atoms with Crippen molar-refractivity contribution in [2.45, 2.75) is 6.42 Å². The molecule has 0 N–H and O–H groups in total. The molecule has 0 amide bonds. The molecule has 70 valence electrons. The number of benzene rings is 1. The second-order valence-corrected chi connectivity index (χ2v) is 3.03. The molecule has 1 aromatic carbocycles. The fraction of sp³-hybridized carbons (Fsp3) is 0.0833. The molecule has 0 radical (unpaired) electrons. The first-order chi connectivity index (χ1) is 6.86.